The molecule has 0 heterocycles. The van der Waals surface area contributed by atoms with Gasteiger partial charge in [0.25, 0.3) is 0 Å². The van der Waals surface area contributed by atoms with Crippen molar-refractivity contribution in [1.82, 2.24) is 0 Å². The lowest BCUT2D eigenvalue weighted by molar-refractivity contribution is 0.397. The zero-order chi connectivity index (χ0) is 15.9. The molecule has 2 aromatic carbocycles. The second-order valence-electron chi connectivity index (χ2n) is 5.42. The zero-order valence-corrected chi connectivity index (χ0v) is 13.6. The van der Waals surface area contributed by atoms with Crippen LogP contribution in [0.1, 0.15) is 36.1 Å². The molecule has 0 aromatic heterocycles. The smallest absolute Gasteiger partial charge is 0.122 e. The van der Waals surface area contributed by atoms with Gasteiger partial charge in [0.15, 0.2) is 0 Å². The van der Waals surface area contributed by atoms with Crippen LogP contribution in [0.5, 0.6) is 11.5 Å². The van der Waals surface area contributed by atoms with Crippen LogP contribution in [0.3, 0.4) is 0 Å². The van der Waals surface area contributed by atoms with Gasteiger partial charge in [0.1, 0.15) is 11.5 Å². The fourth-order valence-corrected chi connectivity index (χ4v) is 2.56. The largest absolute Gasteiger partial charge is 0.497 e. The van der Waals surface area contributed by atoms with E-state index in [9.17, 15) is 0 Å². The first-order valence-corrected chi connectivity index (χ1v) is 7.73. The molecular weight excluding hydrogens is 274 g/mol. The van der Waals surface area contributed by atoms with Crippen molar-refractivity contribution in [2.45, 2.75) is 32.2 Å². The average Bonchev–Trinajstić information content (AvgIpc) is 2.59. The molecule has 0 radical (unpaired) electrons. The maximum absolute atomic E-state index is 6.32. The van der Waals surface area contributed by atoms with Gasteiger partial charge < -0.3 is 15.2 Å². The molecule has 22 heavy (non-hydrogen) atoms. The van der Waals surface area contributed by atoms with E-state index in [-0.39, 0.29) is 6.04 Å². The van der Waals surface area contributed by atoms with Crippen molar-refractivity contribution >= 4 is 0 Å². The third-order valence-corrected chi connectivity index (χ3v) is 4.03. The Balaban J connectivity index is 2.04. The van der Waals surface area contributed by atoms with Crippen molar-refractivity contribution in [3.63, 3.8) is 0 Å². The van der Waals surface area contributed by atoms with E-state index in [4.69, 9.17) is 15.2 Å². The summed E-state index contributed by atoms with van der Waals surface area (Å²) in [6.45, 7) is 2.16. The Hall–Kier alpha value is -2.00. The summed E-state index contributed by atoms with van der Waals surface area (Å²) in [6, 6.07) is 14.5. The standard InChI is InChI=1S/C19H25NO2/c1-4-14-5-7-15(8-6-14)18(20)11-9-16-13-17(21-2)10-12-19(16)22-3/h5-8,10,12-13,18H,4,9,11,20H2,1-3H3. The van der Waals surface area contributed by atoms with Gasteiger partial charge in [-0.05, 0) is 54.2 Å². The predicted molar refractivity (Wildman–Crippen MR) is 90.6 cm³/mol. The zero-order valence-electron chi connectivity index (χ0n) is 13.6. The lowest BCUT2D eigenvalue weighted by Crippen LogP contribution is -2.11. The first-order valence-electron chi connectivity index (χ1n) is 7.73. The summed E-state index contributed by atoms with van der Waals surface area (Å²) in [4.78, 5) is 0. The highest BCUT2D eigenvalue weighted by atomic mass is 16.5. The minimum absolute atomic E-state index is 0.0295. The average molecular weight is 299 g/mol. The Morgan fingerprint density at radius 2 is 1.73 bits per heavy atom. The maximum atomic E-state index is 6.32. The molecule has 1 unspecified atom stereocenters. The number of hydrogen-bond acceptors (Lipinski definition) is 3. The molecule has 3 nitrogen and oxygen atoms in total. The molecule has 3 heteroatoms. The van der Waals surface area contributed by atoms with E-state index in [1.165, 1.54) is 11.1 Å². The van der Waals surface area contributed by atoms with Crippen molar-refractivity contribution in [3.8, 4) is 11.5 Å². The summed E-state index contributed by atoms with van der Waals surface area (Å²) in [7, 11) is 3.36. The molecule has 2 aromatic rings. The van der Waals surface area contributed by atoms with Crippen LogP contribution in [-0.4, -0.2) is 14.2 Å². The van der Waals surface area contributed by atoms with Crippen molar-refractivity contribution in [1.29, 1.82) is 0 Å². The number of ether oxygens (including phenoxy) is 2. The van der Waals surface area contributed by atoms with Crippen molar-refractivity contribution in [2.75, 3.05) is 14.2 Å². The van der Waals surface area contributed by atoms with Gasteiger partial charge in [-0.3, -0.25) is 0 Å². The second kappa shape index (κ2) is 7.85. The van der Waals surface area contributed by atoms with Gasteiger partial charge in [-0.25, -0.2) is 0 Å². The Labute approximate surface area is 133 Å². The van der Waals surface area contributed by atoms with Gasteiger partial charge in [0.2, 0.25) is 0 Å². The predicted octanol–water partition coefficient (Wildman–Crippen LogP) is 3.90. The van der Waals surface area contributed by atoms with Crippen LogP contribution in [0.15, 0.2) is 42.5 Å². The lowest BCUT2D eigenvalue weighted by Gasteiger charge is -2.15. The normalized spacial score (nSPS) is 12.0. The molecule has 0 saturated carbocycles. The summed E-state index contributed by atoms with van der Waals surface area (Å²) < 4.78 is 10.7. The van der Waals surface area contributed by atoms with E-state index in [0.717, 1.165) is 36.3 Å². The SMILES string of the molecule is CCc1ccc(C(N)CCc2cc(OC)ccc2OC)cc1. The van der Waals surface area contributed by atoms with Crippen molar-refractivity contribution in [2.24, 2.45) is 5.73 Å². The summed E-state index contributed by atoms with van der Waals surface area (Å²) in [5, 5.41) is 0. The molecule has 0 spiro atoms. The van der Waals surface area contributed by atoms with E-state index >= 15 is 0 Å². The number of aryl methyl sites for hydroxylation is 2. The minimum atomic E-state index is 0.0295. The van der Waals surface area contributed by atoms with Crippen LogP contribution in [0.4, 0.5) is 0 Å². The van der Waals surface area contributed by atoms with Gasteiger partial charge >= 0.3 is 0 Å². The third-order valence-electron chi connectivity index (χ3n) is 4.03. The van der Waals surface area contributed by atoms with E-state index in [1.807, 2.05) is 18.2 Å². The molecule has 0 aliphatic rings. The molecule has 0 aliphatic carbocycles. The number of hydrogen-bond donors (Lipinski definition) is 1. The molecule has 2 N–H and O–H groups in total. The van der Waals surface area contributed by atoms with Gasteiger partial charge in [-0.1, -0.05) is 31.2 Å². The summed E-state index contributed by atoms with van der Waals surface area (Å²) in [5.74, 6) is 1.73. The molecule has 0 fully saturated rings. The number of methoxy groups -OCH3 is 2. The van der Waals surface area contributed by atoms with E-state index in [2.05, 4.69) is 31.2 Å². The van der Waals surface area contributed by atoms with Crippen LogP contribution in [-0.2, 0) is 12.8 Å². The Kier molecular flexibility index (Phi) is 5.84. The van der Waals surface area contributed by atoms with Crippen LogP contribution < -0.4 is 15.2 Å². The van der Waals surface area contributed by atoms with Crippen LogP contribution in [0, 0.1) is 0 Å². The molecular formula is C19H25NO2. The van der Waals surface area contributed by atoms with Crippen LogP contribution in [0.2, 0.25) is 0 Å². The molecule has 0 aliphatic heterocycles. The summed E-state index contributed by atoms with van der Waals surface area (Å²) in [5.41, 5.74) is 9.97. The highest BCUT2D eigenvalue weighted by molar-refractivity contribution is 5.40. The molecule has 118 valence electrons. The molecule has 0 bridgehead atoms. The molecule has 1 atom stereocenters. The highest BCUT2D eigenvalue weighted by Gasteiger charge is 2.10. The van der Waals surface area contributed by atoms with Crippen molar-refractivity contribution in [3.05, 3.63) is 59.2 Å². The van der Waals surface area contributed by atoms with Gasteiger partial charge in [-0.2, -0.15) is 0 Å². The quantitative estimate of drug-likeness (QED) is 0.843. The van der Waals surface area contributed by atoms with Gasteiger partial charge in [-0.15, -0.1) is 0 Å². The van der Waals surface area contributed by atoms with E-state index in [1.54, 1.807) is 14.2 Å². The minimum Gasteiger partial charge on any atom is -0.497 e. The number of rotatable bonds is 7. The molecule has 0 amide bonds. The van der Waals surface area contributed by atoms with Crippen LogP contribution >= 0.6 is 0 Å². The molecule has 2 rings (SSSR count). The fourth-order valence-electron chi connectivity index (χ4n) is 2.56. The van der Waals surface area contributed by atoms with E-state index < -0.39 is 0 Å². The fraction of sp³-hybridized carbons (Fsp3) is 0.368. The van der Waals surface area contributed by atoms with Crippen molar-refractivity contribution < 1.29 is 9.47 Å². The highest BCUT2D eigenvalue weighted by Crippen LogP contribution is 2.27. The lowest BCUT2D eigenvalue weighted by atomic mass is 9.98. The number of nitrogens with two attached hydrogens (primary N) is 1. The first-order chi connectivity index (χ1) is 10.7. The summed E-state index contributed by atoms with van der Waals surface area (Å²) in [6.07, 6.45) is 2.78. The topological polar surface area (TPSA) is 44.5 Å². The number of benzene rings is 2. The van der Waals surface area contributed by atoms with E-state index in [0.29, 0.717) is 0 Å². The van der Waals surface area contributed by atoms with Gasteiger partial charge in [0, 0.05) is 6.04 Å². The van der Waals surface area contributed by atoms with Gasteiger partial charge in [0.05, 0.1) is 14.2 Å². The first kappa shape index (κ1) is 16.4. The third kappa shape index (κ3) is 4.01. The Bertz CT molecular complexity index is 593. The Morgan fingerprint density at radius 1 is 1.00 bits per heavy atom. The Morgan fingerprint density at radius 3 is 2.32 bits per heavy atom. The monoisotopic (exact) mass is 299 g/mol. The van der Waals surface area contributed by atoms with Crippen LogP contribution in [0.25, 0.3) is 0 Å². The second-order valence-corrected chi connectivity index (χ2v) is 5.42. The maximum Gasteiger partial charge on any atom is 0.122 e. The molecule has 0 saturated heterocycles. The summed E-state index contributed by atoms with van der Waals surface area (Å²) >= 11 is 0.